The smallest absolute Gasteiger partial charge is 0.310 e. The number of anilines is 1. The van der Waals surface area contributed by atoms with Crippen molar-refractivity contribution in [3.05, 3.63) is 29.3 Å². The summed E-state index contributed by atoms with van der Waals surface area (Å²) in [5.74, 6) is -0.776. The summed E-state index contributed by atoms with van der Waals surface area (Å²) in [6.07, 6.45) is 1.90. The summed E-state index contributed by atoms with van der Waals surface area (Å²) in [5, 5.41) is 12.5. The average molecular weight is 249 g/mol. The second kappa shape index (κ2) is 5.89. The van der Waals surface area contributed by atoms with Gasteiger partial charge in [0.2, 0.25) is 0 Å². The van der Waals surface area contributed by atoms with Gasteiger partial charge in [0.25, 0.3) is 0 Å². The number of carboxylic acids is 1. The largest absolute Gasteiger partial charge is 0.481 e. The molecule has 0 aliphatic heterocycles. The number of hydrogen-bond donors (Lipinski definition) is 2. The van der Waals surface area contributed by atoms with Crippen molar-refractivity contribution in [3.8, 4) is 0 Å². The number of nitrogens with one attached hydrogen (secondary N) is 1. The molecule has 0 bridgehead atoms. The van der Waals surface area contributed by atoms with E-state index in [9.17, 15) is 4.79 Å². The Morgan fingerprint density at radius 3 is 2.11 bits per heavy atom. The lowest BCUT2D eigenvalue weighted by Crippen LogP contribution is -2.32. The van der Waals surface area contributed by atoms with Gasteiger partial charge in [-0.15, -0.1) is 0 Å². The molecule has 0 saturated heterocycles. The van der Waals surface area contributed by atoms with Crippen LogP contribution in [0.4, 0.5) is 5.69 Å². The summed E-state index contributed by atoms with van der Waals surface area (Å²) in [4.78, 5) is 11.1. The van der Waals surface area contributed by atoms with Crippen LogP contribution in [-0.2, 0) is 17.6 Å². The van der Waals surface area contributed by atoms with Gasteiger partial charge in [-0.25, -0.2) is 0 Å². The van der Waals surface area contributed by atoms with E-state index in [-0.39, 0.29) is 0 Å². The highest BCUT2D eigenvalue weighted by Gasteiger charge is 2.27. The van der Waals surface area contributed by atoms with Crippen LogP contribution in [0.15, 0.2) is 18.2 Å². The second-order valence-corrected chi connectivity index (χ2v) is 5.20. The summed E-state index contributed by atoms with van der Waals surface area (Å²) in [7, 11) is 0. The van der Waals surface area contributed by atoms with Gasteiger partial charge < -0.3 is 10.4 Å². The van der Waals surface area contributed by atoms with Crippen LogP contribution in [-0.4, -0.2) is 17.6 Å². The zero-order valence-electron chi connectivity index (χ0n) is 11.7. The van der Waals surface area contributed by atoms with E-state index < -0.39 is 11.4 Å². The molecule has 18 heavy (non-hydrogen) atoms. The van der Waals surface area contributed by atoms with Gasteiger partial charge in [-0.3, -0.25) is 4.79 Å². The van der Waals surface area contributed by atoms with E-state index >= 15 is 0 Å². The van der Waals surface area contributed by atoms with Crippen LogP contribution in [0.1, 0.15) is 38.8 Å². The predicted octanol–water partition coefficient (Wildman–Crippen LogP) is 3.33. The molecule has 2 N–H and O–H groups in total. The van der Waals surface area contributed by atoms with Crippen LogP contribution in [0.25, 0.3) is 0 Å². The van der Waals surface area contributed by atoms with Crippen LogP contribution in [0, 0.1) is 5.41 Å². The molecule has 100 valence electrons. The fourth-order valence-corrected chi connectivity index (χ4v) is 1.85. The lowest BCUT2D eigenvalue weighted by Gasteiger charge is -2.23. The Morgan fingerprint density at radius 1 is 1.22 bits per heavy atom. The number of benzene rings is 1. The zero-order valence-corrected chi connectivity index (χ0v) is 11.7. The standard InChI is InChI=1S/C15H23NO2/c1-5-11-8-7-9-12(6-2)13(11)16-10-15(3,4)14(17)18/h7-9,16H,5-6,10H2,1-4H3,(H,17,18). The molecule has 0 heterocycles. The Bertz CT molecular complexity index is 402. The van der Waals surface area contributed by atoms with Crippen molar-refractivity contribution in [1.82, 2.24) is 0 Å². The van der Waals surface area contributed by atoms with Crippen LogP contribution in [0.2, 0.25) is 0 Å². The van der Waals surface area contributed by atoms with E-state index in [1.54, 1.807) is 13.8 Å². The molecule has 0 aromatic heterocycles. The minimum absolute atomic E-state index is 0.437. The minimum atomic E-state index is -0.776. The van der Waals surface area contributed by atoms with E-state index in [1.165, 1.54) is 11.1 Å². The number of aliphatic carboxylic acids is 1. The SMILES string of the molecule is CCc1cccc(CC)c1NCC(C)(C)C(=O)O. The molecule has 3 heteroatoms. The molecule has 1 rings (SSSR count). The summed E-state index contributed by atoms with van der Waals surface area (Å²) in [5.41, 5.74) is 2.84. The Hall–Kier alpha value is -1.51. The molecule has 1 aromatic rings. The molecule has 0 atom stereocenters. The highest BCUT2D eigenvalue weighted by molar-refractivity contribution is 5.74. The molecule has 0 fully saturated rings. The Kier molecular flexibility index (Phi) is 4.76. The summed E-state index contributed by atoms with van der Waals surface area (Å²) in [6, 6.07) is 6.25. The Balaban J connectivity index is 2.93. The summed E-state index contributed by atoms with van der Waals surface area (Å²) in [6.45, 7) is 8.14. The maximum absolute atomic E-state index is 11.1. The third-order valence-electron chi connectivity index (χ3n) is 3.28. The molecule has 0 saturated carbocycles. The molecular formula is C15H23NO2. The summed E-state index contributed by atoms with van der Waals surface area (Å²) < 4.78 is 0. The first-order valence-electron chi connectivity index (χ1n) is 6.50. The lowest BCUT2D eigenvalue weighted by molar-refractivity contribution is -0.146. The third-order valence-corrected chi connectivity index (χ3v) is 3.28. The average Bonchev–Trinajstić information content (AvgIpc) is 2.35. The molecular weight excluding hydrogens is 226 g/mol. The van der Waals surface area contributed by atoms with E-state index in [2.05, 4.69) is 37.4 Å². The monoisotopic (exact) mass is 249 g/mol. The number of carboxylic acid groups (broad SMARTS) is 1. The molecule has 0 radical (unpaired) electrons. The van der Waals surface area contributed by atoms with Gasteiger partial charge in [0, 0.05) is 12.2 Å². The van der Waals surface area contributed by atoms with Crippen molar-refractivity contribution in [1.29, 1.82) is 0 Å². The van der Waals surface area contributed by atoms with Gasteiger partial charge in [0.15, 0.2) is 0 Å². The minimum Gasteiger partial charge on any atom is -0.481 e. The molecule has 0 amide bonds. The van der Waals surface area contributed by atoms with Crippen LogP contribution in [0.5, 0.6) is 0 Å². The first-order chi connectivity index (χ1) is 8.42. The van der Waals surface area contributed by atoms with Crippen molar-refractivity contribution >= 4 is 11.7 Å². The first kappa shape index (κ1) is 14.6. The number of hydrogen-bond acceptors (Lipinski definition) is 2. The summed E-state index contributed by atoms with van der Waals surface area (Å²) >= 11 is 0. The van der Waals surface area contributed by atoms with E-state index in [0.29, 0.717) is 6.54 Å². The van der Waals surface area contributed by atoms with Crippen molar-refractivity contribution in [2.24, 2.45) is 5.41 Å². The highest BCUT2D eigenvalue weighted by Crippen LogP contribution is 2.25. The lowest BCUT2D eigenvalue weighted by atomic mass is 9.93. The van der Waals surface area contributed by atoms with Crippen LogP contribution < -0.4 is 5.32 Å². The maximum Gasteiger partial charge on any atom is 0.310 e. The van der Waals surface area contributed by atoms with Gasteiger partial charge in [-0.2, -0.15) is 0 Å². The molecule has 1 aromatic carbocycles. The van der Waals surface area contributed by atoms with E-state index in [4.69, 9.17) is 5.11 Å². The first-order valence-corrected chi connectivity index (χ1v) is 6.50. The van der Waals surface area contributed by atoms with Crippen molar-refractivity contribution in [2.45, 2.75) is 40.5 Å². The molecule has 0 unspecified atom stereocenters. The molecule has 0 spiro atoms. The quantitative estimate of drug-likeness (QED) is 0.813. The third kappa shape index (κ3) is 3.25. The van der Waals surface area contributed by atoms with Crippen molar-refractivity contribution in [3.63, 3.8) is 0 Å². The van der Waals surface area contributed by atoms with Crippen LogP contribution in [0.3, 0.4) is 0 Å². The Labute approximate surface area is 109 Å². The van der Waals surface area contributed by atoms with E-state index in [1.807, 2.05) is 0 Å². The van der Waals surface area contributed by atoms with Gasteiger partial charge in [-0.1, -0.05) is 32.0 Å². The van der Waals surface area contributed by atoms with Crippen LogP contribution >= 0.6 is 0 Å². The fourth-order valence-electron chi connectivity index (χ4n) is 1.85. The Morgan fingerprint density at radius 2 is 1.72 bits per heavy atom. The van der Waals surface area contributed by atoms with Gasteiger partial charge in [0.1, 0.15) is 0 Å². The number of rotatable bonds is 6. The second-order valence-electron chi connectivity index (χ2n) is 5.20. The molecule has 3 nitrogen and oxygen atoms in total. The van der Waals surface area contributed by atoms with E-state index in [0.717, 1.165) is 18.5 Å². The molecule has 0 aliphatic carbocycles. The van der Waals surface area contributed by atoms with Crippen molar-refractivity contribution < 1.29 is 9.90 Å². The maximum atomic E-state index is 11.1. The van der Waals surface area contributed by atoms with Gasteiger partial charge in [-0.05, 0) is 37.8 Å². The van der Waals surface area contributed by atoms with Crippen molar-refractivity contribution in [2.75, 3.05) is 11.9 Å². The van der Waals surface area contributed by atoms with Gasteiger partial charge >= 0.3 is 5.97 Å². The topological polar surface area (TPSA) is 49.3 Å². The fraction of sp³-hybridized carbons (Fsp3) is 0.533. The number of para-hydroxylation sites is 1. The van der Waals surface area contributed by atoms with Gasteiger partial charge in [0.05, 0.1) is 5.41 Å². The predicted molar refractivity (Wildman–Crippen MR) is 75.1 cm³/mol. The normalized spacial score (nSPS) is 11.3. The number of carbonyl (C=O) groups is 1. The highest BCUT2D eigenvalue weighted by atomic mass is 16.4. The number of aryl methyl sites for hydroxylation is 2. The molecule has 0 aliphatic rings. The zero-order chi connectivity index (χ0) is 13.8.